The lowest BCUT2D eigenvalue weighted by Crippen LogP contribution is -2.32. The number of hydrogen-bond acceptors (Lipinski definition) is 7. The van der Waals surface area contributed by atoms with Gasteiger partial charge in [-0.2, -0.15) is 0 Å². The Morgan fingerprint density at radius 1 is 1.00 bits per heavy atom. The van der Waals surface area contributed by atoms with E-state index in [4.69, 9.17) is 4.74 Å². The van der Waals surface area contributed by atoms with Crippen LogP contribution in [0.3, 0.4) is 0 Å². The standard InChI is InChI=1S/C18H19N3O3S.C7H9N3O.C7H14/c1-13-19-8-5-18(20-13)21-9-6-15-16(21)3-2-4-17(15)24-11-14-7-10-25(22,23)12-14;11-6-9-3-4-10-2-1-8-7(10)5-9;1-7-5-3-2-4-6-7/h2-6,8-9,14H,7,10-12H2,1H3;1-2,6H,3-5H2;7H,2-6H2,1H3. The number of hydrogen-bond donors (Lipinski definition) is 0. The van der Waals surface area contributed by atoms with E-state index in [1.165, 1.54) is 32.1 Å². The van der Waals surface area contributed by atoms with Gasteiger partial charge in [-0.3, -0.25) is 4.79 Å². The van der Waals surface area contributed by atoms with E-state index in [-0.39, 0.29) is 17.4 Å². The van der Waals surface area contributed by atoms with Gasteiger partial charge in [0.1, 0.15) is 23.2 Å². The Morgan fingerprint density at radius 3 is 2.53 bits per heavy atom. The molecule has 1 aromatic carbocycles. The van der Waals surface area contributed by atoms with Crippen molar-refractivity contribution in [3.05, 3.63) is 66.8 Å². The number of rotatable bonds is 5. The predicted octanol–water partition coefficient (Wildman–Crippen LogP) is 4.98. The van der Waals surface area contributed by atoms with Crippen LogP contribution < -0.4 is 4.74 Å². The number of nitrogens with zero attached hydrogens (tertiary/aromatic N) is 6. The highest BCUT2D eigenvalue weighted by Crippen LogP contribution is 2.29. The predicted molar refractivity (Wildman–Crippen MR) is 167 cm³/mol. The summed E-state index contributed by atoms with van der Waals surface area (Å²) in [6, 6.07) is 9.73. The molecule has 4 aromatic rings. The highest BCUT2D eigenvalue weighted by molar-refractivity contribution is 7.91. The molecule has 1 amide bonds. The first-order valence-electron chi connectivity index (χ1n) is 15.2. The quantitative estimate of drug-likeness (QED) is 0.295. The van der Waals surface area contributed by atoms with Gasteiger partial charge in [0.25, 0.3) is 0 Å². The summed E-state index contributed by atoms with van der Waals surface area (Å²) in [4.78, 5) is 24.8. The van der Waals surface area contributed by atoms with Gasteiger partial charge in [0.15, 0.2) is 9.84 Å². The van der Waals surface area contributed by atoms with Crippen LogP contribution >= 0.6 is 0 Å². The molecule has 2 aliphatic heterocycles. The van der Waals surface area contributed by atoms with Gasteiger partial charge in [-0.15, -0.1) is 0 Å². The molecule has 1 saturated heterocycles. The van der Waals surface area contributed by atoms with Crippen LogP contribution in [0.4, 0.5) is 0 Å². The molecule has 0 bridgehead atoms. The van der Waals surface area contributed by atoms with Crippen molar-refractivity contribution in [2.24, 2.45) is 11.8 Å². The lowest BCUT2D eigenvalue weighted by atomic mass is 9.91. The lowest BCUT2D eigenvalue weighted by molar-refractivity contribution is -0.119. The van der Waals surface area contributed by atoms with E-state index in [1.807, 2.05) is 54.2 Å². The summed E-state index contributed by atoms with van der Waals surface area (Å²) in [6.45, 7) is 6.96. The van der Waals surface area contributed by atoms with Crippen LogP contribution in [0.2, 0.25) is 0 Å². The van der Waals surface area contributed by atoms with E-state index in [9.17, 15) is 13.2 Å². The molecular weight excluding hydrogens is 564 g/mol. The Labute approximate surface area is 254 Å². The fraction of sp³-hybridized carbons (Fsp3) is 0.500. The molecule has 0 radical (unpaired) electrons. The molecule has 1 aliphatic carbocycles. The number of carbonyl (C=O) groups excluding carboxylic acids is 1. The number of sulfone groups is 1. The number of carbonyl (C=O) groups is 1. The van der Waals surface area contributed by atoms with Crippen LogP contribution in [0.5, 0.6) is 5.75 Å². The highest BCUT2D eigenvalue weighted by atomic mass is 32.2. The van der Waals surface area contributed by atoms with Crippen molar-refractivity contribution < 1.29 is 17.9 Å². The van der Waals surface area contributed by atoms with Crippen LogP contribution in [-0.2, 0) is 27.7 Å². The first kappa shape index (κ1) is 30.7. The third-order valence-electron chi connectivity index (χ3n) is 8.32. The van der Waals surface area contributed by atoms with E-state index in [1.54, 1.807) is 17.3 Å². The van der Waals surface area contributed by atoms with Crippen LogP contribution in [0, 0.1) is 18.8 Å². The Balaban J connectivity index is 0.000000166. The number of imidazole rings is 1. The number of amides is 1. The van der Waals surface area contributed by atoms with Crippen molar-refractivity contribution in [3.63, 3.8) is 0 Å². The first-order valence-corrected chi connectivity index (χ1v) is 17.1. The van der Waals surface area contributed by atoms with Gasteiger partial charge >= 0.3 is 0 Å². The topological polar surface area (TPSA) is 112 Å². The zero-order valence-corrected chi connectivity index (χ0v) is 26.0. The van der Waals surface area contributed by atoms with Crippen molar-refractivity contribution in [2.45, 2.75) is 65.5 Å². The van der Waals surface area contributed by atoms with Gasteiger partial charge in [0.05, 0.1) is 30.2 Å². The van der Waals surface area contributed by atoms with Crippen LogP contribution in [0.25, 0.3) is 16.7 Å². The Bertz CT molecular complexity index is 1610. The van der Waals surface area contributed by atoms with Crippen molar-refractivity contribution in [1.29, 1.82) is 0 Å². The molecule has 1 atom stereocenters. The van der Waals surface area contributed by atoms with Crippen LogP contribution in [-0.4, -0.2) is 68.5 Å². The molecule has 3 aromatic heterocycles. The molecule has 1 saturated carbocycles. The molecule has 11 heteroatoms. The fourth-order valence-corrected chi connectivity index (χ4v) is 7.68. The molecule has 5 heterocycles. The van der Waals surface area contributed by atoms with Gasteiger partial charge in [-0.05, 0) is 43.5 Å². The molecular formula is C32H42N6O4S. The minimum absolute atomic E-state index is 0.0758. The maximum atomic E-state index is 11.6. The lowest BCUT2D eigenvalue weighted by Gasteiger charge is -2.23. The summed E-state index contributed by atoms with van der Waals surface area (Å²) in [5.74, 6) is 4.88. The largest absolute Gasteiger partial charge is 0.493 e. The van der Waals surface area contributed by atoms with Gasteiger partial charge in [-0.25, -0.2) is 23.4 Å². The minimum Gasteiger partial charge on any atom is -0.493 e. The van der Waals surface area contributed by atoms with E-state index in [0.29, 0.717) is 25.4 Å². The molecule has 7 rings (SSSR count). The molecule has 0 spiro atoms. The van der Waals surface area contributed by atoms with Crippen molar-refractivity contribution in [3.8, 4) is 11.6 Å². The van der Waals surface area contributed by atoms with Crippen molar-refractivity contribution >= 4 is 27.2 Å². The molecule has 230 valence electrons. The molecule has 3 aliphatic rings. The average Bonchev–Trinajstić information content (AvgIpc) is 3.75. The zero-order chi connectivity index (χ0) is 30.2. The van der Waals surface area contributed by atoms with E-state index >= 15 is 0 Å². The average molecular weight is 607 g/mol. The second-order valence-corrected chi connectivity index (χ2v) is 14.0. The number of aromatic nitrogens is 5. The van der Waals surface area contributed by atoms with Crippen molar-refractivity contribution in [1.82, 2.24) is 29.0 Å². The summed E-state index contributed by atoms with van der Waals surface area (Å²) in [6.07, 6.45) is 16.4. The molecule has 1 unspecified atom stereocenters. The maximum absolute atomic E-state index is 11.6. The Hall–Kier alpha value is -3.73. The zero-order valence-electron chi connectivity index (χ0n) is 25.1. The maximum Gasteiger partial charge on any atom is 0.210 e. The van der Waals surface area contributed by atoms with E-state index < -0.39 is 9.84 Å². The minimum atomic E-state index is -2.88. The summed E-state index contributed by atoms with van der Waals surface area (Å²) in [5, 5.41) is 0.986. The number of aryl methyl sites for hydroxylation is 1. The Kier molecular flexibility index (Phi) is 10.1. The van der Waals surface area contributed by atoms with E-state index in [2.05, 4.69) is 26.4 Å². The number of ether oxygens (including phenoxy) is 1. The SMILES string of the molecule is CC1CCCCC1.Cc1nccc(-n2ccc3c(OCC4CCS(=O)(=O)C4)cccc32)n1.O=CN1CCn2ccnc2C1. The summed E-state index contributed by atoms with van der Waals surface area (Å²) >= 11 is 0. The third-order valence-corrected chi connectivity index (χ3v) is 10.2. The second kappa shape index (κ2) is 14.2. The van der Waals surface area contributed by atoms with Gasteiger partial charge in [-0.1, -0.05) is 45.1 Å². The van der Waals surface area contributed by atoms with Gasteiger partial charge < -0.3 is 18.8 Å². The second-order valence-electron chi connectivity index (χ2n) is 11.8. The molecule has 2 fully saturated rings. The smallest absolute Gasteiger partial charge is 0.210 e. The summed E-state index contributed by atoms with van der Waals surface area (Å²) < 4.78 is 33.2. The molecule has 10 nitrogen and oxygen atoms in total. The fourth-order valence-electron chi connectivity index (χ4n) is 5.84. The van der Waals surface area contributed by atoms with Crippen LogP contribution in [0.15, 0.2) is 55.1 Å². The number of benzene rings is 1. The van der Waals surface area contributed by atoms with Crippen molar-refractivity contribution in [2.75, 3.05) is 24.7 Å². The molecule has 43 heavy (non-hydrogen) atoms. The monoisotopic (exact) mass is 606 g/mol. The summed E-state index contributed by atoms with van der Waals surface area (Å²) in [5.41, 5.74) is 0.995. The normalized spacial score (nSPS) is 19.5. The van der Waals surface area contributed by atoms with Crippen LogP contribution in [0.1, 0.15) is 57.1 Å². The highest BCUT2D eigenvalue weighted by Gasteiger charge is 2.28. The third kappa shape index (κ3) is 8.22. The molecule has 0 N–H and O–H groups in total. The Morgan fingerprint density at radius 2 is 1.84 bits per heavy atom. The van der Waals surface area contributed by atoms with Gasteiger partial charge in [0.2, 0.25) is 6.41 Å². The van der Waals surface area contributed by atoms with E-state index in [0.717, 1.165) is 53.7 Å². The number of fused-ring (bicyclic) bond motifs is 2. The first-order chi connectivity index (χ1) is 20.8. The summed E-state index contributed by atoms with van der Waals surface area (Å²) in [7, 11) is -2.88. The van der Waals surface area contributed by atoms with Gasteiger partial charge in [0, 0.05) is 49.2 Å².